The van der Waals surface area contributed by atoms with Crippen LogP contribution in [0.5, 0.6) is 0 Å². The normalized spacial score (nSPS) is 19.9. The Kier molecular flexibility index (Phi) is 4.25. The van der Waals surface area contributed by atoms with Crippen molar-refractivity contribution in [1.29, 1.82) is 0 Å². The first-order chi connectivity index (χ1) is 8.61. The van der Waals surface area contributed by atoms with E-state index < -0.39 is 0 Å². The average molecular weight is 267 g/mol. The number of hydrogen-bond donors (Lipinski definition) is 1. The van der Waals surface area contributed by atoms with Crippen LogP contribution in [0.2, 0.25) is 5.02 Å². The number of rotatable bonds is 2. The largest absolute Gasteiger partial charge is 0.336 e. The van der Waals surface area contributed by atoms with Gasteiger partial charge in [0.1, 0.15) is 0 Å². The Labute approximate surface area is 113 Å². The van der Waals surface area contributed by atoms with Gasteiger partial charge in [-0.2, -0.15) is 0 Å². The summed E-state index contributed by atoms with van der Waals surface area (Å²) in [5, 5.41) is 4.09. The summed E-state index contributed by atoms with van der Waals surface area (Å²) in [7, 11) is 0. The van der Waals surface area contributed by atoms with Crippen molar-refractivity contribution in [3.63, 3.8) is 0 Å². The highest BCUT2D eigenvalue weighted by Gasteiger charge is 2.23. The van der Waals surface area contributed by atoms with Gasteiger partial charge in [0, 0.05) is 36.3 Å². The van der Waals surface area contributed by atoms with E-state index in [4.69, 9.17) is 11.6 Å². The van der Waals surface area contributed by atoms with E-state index in [1.54, 1.807) is 6.07 Å². The molecule has 1 fully saturated rings. The summed E-state index contributed by atoms with van der Waals surface area (Å²) in [6, 6.07) is 5.86. The SMILES string of the molecule is CCC1CN(C(=O)c2ccc(Cl)cc2C)CCN1. The fraction of sp³-hybridized carbons (Fsp3) is 0.500. The minimum absolute atomic E-state index is 0.115. The Morgan fingerprint density at radius 1 is 1.56 bits per heavy atom. The molecule has 4 heteroatoms. The van der Waals surface area contributed by atoms with Crippen LogP contribution in [-0.4, -0.2) is 36.5 Å². The van der Waals surface area contributed by atoms with E-state index >= 15 is 0 Å². The molecule has 1 amide bonds. The van der Waals surface area contributed by atoms with Gasteiger partial charge in [-0.25, -0.2) is 0 Å². The zero-order valence-corrected chi connectivity index (χ0v) is 11.6. The molecule has 18 heavy (non-hydrogen) atoms. The lowest BCUT2D eigenvalue weighted by Gasteiger charge is -2.33. The molecule has 0 aliphatic carbocycles. The van der Waals surface area contributed by atoms with Gasteiger partial charge in [0.05, 0.1) is 0 Å². The van der Waals surface area contributed by atoms with Crippen molar-refractivity contribution < 1.29 is 4.79 Å². The number of nitrogens with zero attached hydrogens (tertiary/aromatic N) is 1. The number of piperazine rings is 1. The Hall–Kier alpha value is -1.06. The molecule has 1 N–H and O–H groups in total. The third-order valence-corrected chi connectivity index (χ3v) is 3.69. The monoisotopic (exact) mass is 266 g/mol. The van der Waals surface area contributed by atoms with E-state index in [9.17, 15) is 4.79 Å². The summed E-state index contributed by atoms with van der Waals surface area (Å²) in [6.45, 7) is 6.50. The second kappa shape index (κ2) is 5.72. The topological polar surface area (TPSA) is 32.3 Å². The molecule has 2 rings (SSSR count). The zero-order valence-electron chi connectivity index (χ0n) is 10.9. The van der Waals surface area contributed by atoms with Crippen LogP contribution in [0, 0.1) is 6.92 Å². The van der Waals surface area contributed by atoms with E-state index in [1.165, 1.54) is 0 Å². The highest BCUT2D eigenvalue weighted by Crippen LogP contribution is 2.17. The molecule has 1 unspecified atom stereocenters. The first-order valence-electron chi connectivity index (χ1n) is 6.40. The maximum Gasteiger partial charge on any atom is 0.254 e. The molecule has 1 atom stereocenters. The van der Waals surface area contributed by atoms with Gasteiger partial charge < -0.3 is 10.2 Å². The van der Waals surface area contributed by atoms with Crippen molar-refractivity contribution in [2.24, 2.45) is 0 Å². The molecule has 0 radical (unpaired) electrons. The highest BCUT2D eigenvalue weighted by atomic mass is 35.5. The molecule has 1 saturated heterocycles. The number of benzene rings is 1. The molecule has 98 valence electrons. The van der Waals surface area contributed by atoms with Crippen LogP contribution in [0.4, 0.5) is 0 Å². The van der Waals surface area contributed by atoms with Gasteiger partial charge in [-0.15, -0.1) is 0 Å². The van der Waals surface area contributed by atoms with Crippen molar-refractivity contribution in [1.82, 2.24) is 10.2 Å². The minimum atomic E-state index is 0.115. The van der Waals surface area contributed by atoms with Crippen LogP contribution in [0.3, 0.4) is 0 Å². The Bertz CT molecular complexity index is 447. The van der Waals surface area contributed by atoms with Crippen LogP contribution in [0.15, 0.2) is 18.2 Å². The zero-order chi connectivity index (χ0) is 13.1. The van der Waals surface area contributed by atoms with E-state index in [2.05, 4.69) is 12.2 Å². The standard InChI is InChI=1S/C14H19ClN2O/c1-3-12-9-17(7-6-16-12)14(18)13-5-4-11(15)8-10(13)2/h4-5,8,12,16H,3,6-7,9H2,1-2H3. The summed E-state index contributed by atoms with van der Waals surface area (Å²) >= 11 is 5.92. The van der Waals surface area contributed by atoms with E-state index in [-0.39, 0.29) is 5.91 Å². The minimum Gasteiger partial charge on any atom is -0.336 e. The lowest BCUT2D eigenvalue weighted by Crippen LogP contribution is -2.52. The van der Waals surface area contributed by atoms with Crippen molar-refractivity contribution in [3.8, 4) is 0 Å². The van der Waals surface area contributed by atoms with Crippen molar-refractivity contribution in [2.75, 3.05) is 19.6 Å². The Balaban J connectivity index is 2.15. The lowest BCUT2D eigenvalue weighted by molar-refractivity contribution is 0.0701. The van der Waals surface area contributed by atoms with Crippen LogP contribution >= 0.6 is 11.6 Å². The first-order valence-corrected chi connectivity index (χ1v) is 6.78. The van der Waals surface area contributed by atoms with Crippen LogP contribution < -0.4 is 5.32 Å². The summed E-state index contributed by atoms with van der Waals surface area (Å²) in [5.41, 5.74) is 1.70. The summed E-state index contributed by atoms with van der Waals surface area (Å²) in [5.74, 6) is 0.115. The van der Waals surface area contributed by atoms with Gasteiger partial charge in [0.15, 0.2) is 0 Å². The Morgan fingerprint density at radius 3 is 3.00 bits per heavy atom. The average Bonchev–Trinajstić information content (AvgIpc) is 2.38. The van der Waals surface area contributed by atoms with Gasteiger partial charge in [-0.1, -0.05) is 18.5 Å². The maximum absolute atomic E-state index is 12.4. The molecular weight excluding hydrogens is 248 g/mol. The van der Waals surface area contributed by atoms with Gasteiger partial charge in [-0.3, -0.25) is 4.79 Å². The van der Waals surface area contributed by atoms with E-state index in [0.29, 0.717) is 11.1 Å². The van der Waals surface area contributed by atoms with Crippen molar-refractivity contribution >= 4 is 17.5 Å². The summed E-state index contributed by atoms with van der Waals surface area (Å²) < 4.78 is 0. The molecule has 0 aromatic heterocycles. The third kappa shape index (κ3) is 2.85. The predicted molar refractivity (Wildman–Crippen MR) is 74.2 cm³/mol. The number of carbonyl (C=O) groups is 1. The smallest absolute Gasteiger partial charge is 0.254 e. The lowest BCUT2D eigenvalue weighted by atomic mass is 10.1. The second-order valence-corrected chi connectivity index (χ2v) is 5.21. The molecular formula is C14H19ClN2O. The first kappa shape index (κ1) is 13.4. The number of aryl methyl sites for hydroxylation is 1. The fourth-order valence-electron chi connectivity index (χ4n) is 2.32. The highest BCUT2D eigenvalue weighted by molar-refractivity contribution is 6.30. The summed E-state index contributed by atoms with van der Waals surface area (Å²) in [4.78, 5) is 14.4. The molecule has 1 aromatic carbocycles. The molecule has 1 heterocycles. The summed E-state index contributed by atoms with van der Waals surface area (Å²) in [6.07, 6.45) is 1.05. The fourth-order valence-corrected chi connectivity index (χ4v) is 2.55. The van der Waals surface area contributed by atoms with Crippen LogP contribution in [-0.2, 0) is 0 Å². The molecule has 0 spiro atoms. The van der Waals surface area contributed by atoms with E-state index in [1.807, 2.05) is 24.0 Å². The van der Waals surface area contributed by atoms with Gasteiger partial charge in [-0.05, 0) is 37.1 Å². The van der Waals surface area contributed by atoms with Crippen molar-refractivity contribution in [3.05, 3.63) is 34.3 Å². The number of carbonyl (C=O) groups excluding carboxylic acids is 1. The maximum atomic E-state index is 12.4. The quantitative estimate of drug-likeness (QED) is 0.892. The van der Waals surface area contributed by atoms with Crippen LogP contribution in [0.1, 0.15) is 29.3 Å². The van der Waals surface area contributed by atoms with Crippen LogP contribution in [0.25, 0.3) is 0 Å². The second-order valence-electron chi connectivity index (χ2n) is 4.77. The number of amides is 1. The number of hydrogen-bond acceptors (Lipinski definition) is 2. The van der Waals surface area contributed by atoms with Gasteiger partial charge in [0.2, 0.25) is 0 Å². The molecule has 1 aliphatic rings. The number of nitrogens with one attached hydrogen (secondary N) is 1. The molecule has 0 bridgehead atoms. The molecule has 1 aromatic rings. The van der Waals surface area contributed by atoms with Gasteiger partial charge in [0.25, 0.3) is 5.91 Å². The Morgan fingerprint density at radius 2 is 2.33 bits per heavy atom. The van der Waals surface area contributed by atoms with Gasteiger partial charge >= 0.3 is 0 Å². The molecule has 3 nitrogen and oxygen atoms in total. The third-order valence-electron chi connectivity index (χ3n) is 3.45. The van der Waals surface area contributed by atoms with Crippen molar-refractivity contribution in [2.45, 2.75) is 26.3 Å². The number of halogens is 1. The molecule has 1 aliphatic heterocycles. The predicted octanol–water partition coefficient (Wildman–Crippen LogP) is 2.47. The molecule has 0 saturated carbocycles. The van der Waals surface area contributed by atoms with E-state index in [0.717, 1.165) is 37.2 Å².